The number of aryl methyl sites for hydroxylation is 3. The van der Waals surface area contributed by atoms with Crippen molar-refractivity contribution < 1.29 is 5.11 Å². The van der Waals surface area contributed by atoms with E-state index in [9.17, 15) is 5.11 Å². The van der Waals surface area contributed by atoms with Crippen LogP contribution in [-0.4, -0.2) is 14.9 Å². The minimum absolute atomic E-state index is 0.457. The Morgan fingerprint density at radius 1 is 1.42 bits per heavy atom. The fourth-order valence-electron chi connectivity index (χ4n) is 2.21. The van der Waals surface area contributed by atoms with Gasteiger partial charge in [0.15, 0.2) is 0 Å². The van der Waals surface area contributed by atoms with Crippen molar-refractivity contribution in [3.05, 3.63) is 50.2 Å². The van der Waals surface area contributed by atoms with Crippen molar-refractivity contribution in [1.82, 2.24) is 9.78 Å². The van der Waals surface area contributed by atoms with E-state index in [1.165, 1.54) is 0 Å². The molecule has 2 aromatic rings. The Kier molecular flexibility index (Phi) is 4.33. The predicted molar refractivity (Wildman–Crippen MR) is 80.5 cm³/mol. The predicted octanol–water partition coefficient (Wildman–Crippen LogP) is 3.73. The molecule has 1 N–H and O–H groups in total. The van der Waals surface area contributed by atoms with Crippen LogP contribution < -0.4 is 0 Å². The van der Waals surface area contributed by atoms with Crippen molar-refractivity contribution in [2.75, 3.05) is 0 Å². The number of rotatable bonds is 3. The van der Waals surface area contributed by atoms with E-state index in [2.05, 4.69) is 21.0 Å². The maximum Gasteiger partial charge on any atom is 0.0848 e. The highest BCUT2D eigenvalue weighted by molar-refractivity contribution is 9.10. The number of benzene rings is 1. The van der Waals surface area contributed by atoms with Crippen molar-refractivity contribution in [3.8, 4) is 0 Å². The molecular weight excluding hydrogens is 328 g/mol. The van der Waals surface area contributed by atoms with Crippen LogP contribution in [0.4, 0.5) is 0 Å². The van der Waals surface area contributed by atoms with E-state index in [1.54, 1.807) is 4.68 Å². The molecule has 0 radical (unpaired) electrons. The SMILES string of the molecule is Cc1cc(Br)ccc1C(O)Cc1c(Cl)c(C)nn1C. The highest BCUT2D eigenvalue weighted by Crippen LogP contribution is 2.28. The Morgan fingerprint density at radius 2 is 2.11 bits per heavy atom. The largest absolute Gasteiger partial charge is 0.388 e. The Bertz CT molecular complexity index is 610. The van der Waals surface area contributed by atoms with E-state index >= 15 is 0 Å². The molecule has 1 aromatic carbocycles. The molecule has 3 nitrogen and oxygen atoms in total. The highest BCUT2D eigenvalue weighted by atomic mass is 79.9. The van der Waals surface area contributed by atoms with E-state index in [0.717, 1.165) is 27.0 Å². The van der Waals surface area contributed by atoms with Crippen molar-refractivity contribution in [3.63, 3.8) is 0 Å². The summed E-state index contributed by atoms with van der Waals surface area (Å²) in [4.78, 5) is 0. The summed E-state index contributed by atoms with van der Waals surface area (Å²) < 4.78 is 2.74. The lowest BCUT2D eigenvalue weighted by Crippen LogP contribution is -2.08. The number of hydrogen-bond donors (Lipinski definition) is 1. The van der Waals surface area contributed by atoms with Crippen LogP contribution in [0, 0.1) is 13.8 Å². The third-order valence-electron chi connectivity index (χ3n) is 3.24. The first-order chi connectivity index (χ1) is 8.90. The number of aliphatic hydroxyl groups excluding tert-OH is 1. The number of aromatic nitrogens is 2. The Balaban J connectivity index is 2.28. The lowest BCUT2D eigenvalue weighted by atomic mass is 10.00. The van der Waals surface area contributed by atoms with Crippen molar-refractivity contribution in [2.24, 2.45) is 7.05 Å². The zero-order valence-electron chi connectivity index (χ0n) is 11.1. The monoisotopic (exact) mass is 342 g/mol. The number of aliphatic hydroxyl groups is 1. The molecule has 1 aromatic heterocycles. The zero-order chi connectivity index (χ0) is 14.2. The molecule has 5 heteroatoms. The average Bonchev–Trinajstić information content (AvgIpc) is 2.56. The zero-order valence-corrected chi connectivity index (χ0v) is 13.5. The van der Waals surface area contributed by atoms with Gasteiger partial charge < -0.3 is 5.11 Å². The number of halogens is 2. The van der Waals surface area contributed by atoms with Gasteiger partial charge in [0, 0.05) is 17.9 Å². The summed E-state index contributed by atoms with van der Waals surface area (Å²) in [5, 5.41) is 15.3. The minimum atomic E-state index is -0.583. The van der Waals surface area contributed by atoms with Crippen molar-refractivity contribution >= 4 is 27.5 Å². The molecule has 0 saturated carbocycles. The Morgan fingerprint density at radius 3 is 2.63 bits per heavy atom. The van der Waals surface area contributed by atoms with E-state index < -0.39 is 6.10 Å². The van der Waals surface area contributed by atoms with Crippen LogP contribution in [-0.2, 0) is 13.5 Å². The van der Waals surface area contributed by atoms with Crippen LogP contribution in [0.15, 0.2) is 22.7 Å². The smallest absolute Gasteiger partial charge is 0.0848 e. The quantitative estimate of drug-likeness (QED) is 0.922. The van der Waals surface area contributed by atoms with Crippen LogP contribution >= 0.6 is 27.5 Å². The lowest BCUT2D eigenvalue weighted by Gasteiger charge is -2.14. The molecule has 0 aliphatic heterocycles. The van der Waals surface area contributed by atoms with E-state index in [-0.39, 0.29) is 0 Å². The summed E-state index contributed by atoms with van der Waals surface area (Å²) in [5.74, 6) is 0. The maximum atomic E-state index is 10.4. The number of nitrogens with zero attached hydrogens (tertiary/aromatic N) is 2. The molecule has 0 amide bonds. The third-order valence-corrected chi connectivity index (χ3v) is 4.22. The van der Waals surface area contributed by atoms with Gasteiger partial charge in [-0.05, 0) is 37.1 Å². The summed E-state index contributed by atoms with van der Waals surface area (Å²) in [7, 11) is 1.84. The first kappa shape index (κ1) is 14.6. The molecule has 1 heterocycles. The standard InChI is InChI=1S/C14H16BrClN2O/c1-8-6-10(15)4-5-11(8)13(19)7-12-14(16)9(2)17-18(12)3/h4-6,13,19H,7H2,1-3H3. The molecule has 19 heavy (non-hydrogen) atoms. The Hall–Kier alpha value is -0.840. The molecule has 0 spiro atoms. The van der Waals surface area contributed by atoms with Gasteiger partial charge in [-0.2, -0.15) is 5.10 Å². The van der Waals surface area contributed by atoms with Crippen LogP contribution in [0.25, 0.3) is 0 Å². The molecule has 2 rings (SSSR count). The fourth-order valence-corrected chi connectivity index (χ4v) is 2.92. The summed E-state index contributed by atoms with van der Waals surface area (Å²) in [5.41, 5.74) is 3.61. The second kappa shape index (κ2) is 5.65. The summed E-state index contributed by atoms with van der Waals surface area (Å²) in [6.45, 7) is 3.85. The first-order valence-electron chi connectivity index (χ1n) is 6.02. The maximum absolute atomic E-state index is 10.4. The van der Waals surface area contributed by atoms with Gasteiger partial charge in [0.1, 0.15) is 0 Å². The van der Waals surface area contributed by atoms with Gasteiger partial charge in [-0.25, -0.2) is 0 Å². The lowest BCUT2D eigenvalue weighted by molar-refractivity contribution is 0.175. The first-order valence-corrected chi connectivity index (χ1v) is 7.19. The van der Waals surface area contributed by atoms with Gasteiger partial charge in [-0.15, -0.1) is 0 Å². The minimum Gasteiger partial charge on any atom is -0.388 e. The highest BCUT2D eigenvalue weighted by Gasteiger charge is 2.17. The molecular formula is C14H16BrClN2O. The van der Waals surface area contributed by atoms with Crippen LogP contribution in [0.1, 0.15) is 28.6 Å². The second-order valence-electron chi connectivity index (χ2n) is 4.69. The molecule has 0 fully saturated rings. The topological polar surface area (TPSA) is 38.1 Å². The third kappa shape index (κ3) is 3.02. The molecule has 0 bridgehead atoms. The van der Waals surface area contributed by atoms with Gasteiger partial charge in [0.25, 0.3) is 0 Å². The summed E-state index contributed by atoms with van der Waals surface area (Å²) in [6, 6.07) is 5.86. The molecule has 0 aliphatic rings. The van der Waals surface area contributed by atoms with Crippen LogP contribution in [0.3, 0.4) is 0 Å². The van der Waals surface area contributed by atoms with Crippen molar-refractivity contribution in [2.45, 2.75) is 26.4 Å². The second-order valence-corrected chi connectivity index (χ2v) is 5.98. The molecule has 0 aliphatic carbocycles. The van der Waals surface area contributed by atoms with Gasteiger partial charge in [-0.1, -0.05) is 33.6 Å². The van der Waals surface area contributed by atoms with Gasteiger partial charge in [0.05, 0.1) is 22.5 Å². The molecule has 0 saturated heterocycles. The molecule has 102 valence electrons. The average molecular weight is 344 g/mol. The van der Waals surface area contributed by atoms with E-state index in [0.29, 0.717) is 11.4 Å². The van der Waals surface area contributed by atoms with E-state index in [1.807, 2.05) is 39.1 Å². The summed E-state index contributed by atoms with van der Waals surface area (Å²) in [6.07, 6.45) is -0.126. The summed E-state index contributed by atoms with van der Waals surface area (Å²) >= 11 is 9.63. The van der Waals surface area contributed by atoms with Crippen LogP contribution in [0.2, 0.25) is 5.02 Å². The fraction of sp³-hybridized carbons (Fsp3) is 0.357. The molecule has 1 atom stereocenters. The van der Waals surface area contributed by atoms with Gasteiger partial charge in [-0.3, -0.25) is 4.68 Å². The van der Waals surface area contributed by atoms with Crippen molar-refractivity contribution in [1.29, 1.82) is 0 Å². The normalized spacial score (nSPS) is 12.7. The van der Waals surface area contributed by atoms with Gasteiger partial charge in [0.2, 0.25) is 0 Å². The molecule has 1 unspecified atom stereocenters. The van der Waals surface area contributed by atoms with E-state index in [4.69, 9.17) is 11.6 Å². The Labute approximate surface area is 126 Å². The number of hydrogen-bond acceptors (Lipinski definition) is 2. The van der Waals surface area contributed by atoms with Crippen LogP contribution in [0.5, 0.6) is 0 Å². The van der Waals surface area contributed by atoms with Gasteiger partial charge >= 0.3 is 0 Å².